The molecule has 0 aliphatic carbocycles. The highest BCUT2D eigenvalue weighted by atomic mass is 32.1. The summed E-state index contributed by atoms with van der Waals surface area (Å²) in [4.78, 5) is 24.8. The smallest absolute Gasteiger partial charge is 0.328 e. The molecular weight excluding hydrogens is 266 g/mol. The number of thiophene rings is 1. The van der Waals surface area contributed by atoms with Gasteiger partial charge in [-0.05, 0) is 19.9 Å². The van der Waals surface area contributed by atoms with E-state index in [1.807, 2.05) is 14.0 Å². The molecule has 1 amide bonds. The number of nitrogens with one attached hydrogen (secondary N) is 1. The second kappa shape index (κ2) is 5.00. The molecule has 2 heterocycles. The normalized spacial score (nSPS) is 12.4. The molecule has 102 valence electrons. The number of methoxy groups -OCH3 is 1. The van der Waals surface area contributed by atoms with Crippen LogP contribution in [0.4, 0.5) is 0 Å². The number of aromatic nitrogens is 2. The first-order chi connectivity index (χ1) is 8.93. The van der Waals surface area contributed by atoms with Gasteiger partial charge in [-0.2, -0.15) is 5.10 Å². The zero-order chi connectivity index (χ0) is 14.2. The maximum absolute atomic E-state index is 12.0. The van der Waals surface area contributed by atoms with Crippen molar-refractivity contribution in [2.24, 2.45) is 7.05 Å². The summed E-state index contributed by atoms with van der Waals surface area (Å²) in [6.45, 7) is 3.48. The summed E-state index contributed by atoms with van der Waals surface area (Å²) in [6.07, 6.45) is 0. The summed E-state index contributed by atoms with van der Waals surface area (Å²) in [5.41, 5.74) is 0.883. The van der Waals surface area contributed by atoms with E-state index in [9.17, 15) is 9.59 Å². The van der Waals surface area contributed by atoms with Crippen molar-refractivity contribution < 1.29 is 14.3 Å². The number of ether oxygens (including phenoxy) is 1. The molecule has 6 nitrogen and oxygen atoms in total. The Bertz CT molecular complexity index is 609. The Morgan fingerprint density at radius 3 is 2.79 bits per heavy atom. The number of hydrogen-bond donors (Lipinski definition) is 1. The van der Waals surface area contributed by atoms with Crippen molar-refractivity contribution in [3.05, 3.63) is 16.6 Å². The molecule has 19 heavy (non-hydrogen) atoms. The fraction of sp³-hybridized carbons (Fsp3) is 0.417. The third kappa shape index (κ3) is 2.46. The lowest BCUT2D eigenvalue weighted by molar-refractivity contribution is -0.142. The van der Waals surface area contributed by atoms with E-state index in [-0.39, 0.29) is 5.91 Å². The summed E-state index contributed by atoms with van der Waals surface area (Å²) in [5, 5.41) is 7.84. The predicted octanol–water partition coefficient (Wildman–Crippen LogP) is 1.23. The van der Waals surface area contributed by atoms with Crippen LogP contribution >= 0.6 is 11.3 Å². The molecule has 0 unspecified atom stereocenters. The summed E-state index contributed by atoms with van der Waals surface area (Å²) in [6, 6.07) is 1.13. The van der Waals surface area contributed by atoms with Crippen molar-refractivity contribution in [2.45, 2.75) is 19.9 Å². The van der Waals surface area contributed by atoms with Crippen LogP contribution in [-0.4, -0.2) is 34.8 Å². The number of fused-ring (bicyclic) bond motifs is 1. The fourth-order valence-electron chi connectivity index (χ4n) is 1.82. The average Bonchev–Trinajstić information content (AvgIpc) is 2.91. The molecular formula is C12H15N3O3S. The van der Waals surface area contributed by atoms with Gasteiger partial charge in [0.2, 0.25) is 0 Å². The number of amides is 1. The molecule has 0 spiro atoms. The Kier molecular flexibility index (Phi) is 3.57. The zero-order valence-electron chi connectivity index (χ0n) is 11.2. The summed E-state index contributed by atoms with van der Waals surface area (Å²) in [5.74, 6) is -0.745. The van der Waals surface area contributed by atoms with E-state index < -0.39 is 12.0 Å². The molecule has 0 radical (unpaired) electrons. The van der Waals surface area contributed by atoms with Crippen molar-refractivity contribution in [1.82, 2.24) is 15.1 Å². The monoisotopic (exact) mass is 281 g/mol. The first kappa shape index (κ1) is 13.5. The molecule has 0 saturated carbocycles. The minimum Gasteiger partial charge on any atom is -0.467 e. The average molecular weight is 281 g/mol. The van der Waals surface area contributed by atoms with Crippen molar-refractivity contribution >= 4 is 33.4 Å². The number of carbonyl (C=O) groups is 2. The van der Waals surface area contributed by atoms with Crippen LogP contribution in [0.1, 0.15) is 22.3 Å². The minimum atomic E-state index is -0.665. The van der Waals surface area contributed by atoms with Gasteiger partial charge in [-0.3, -0.25) is 9.48 Å². The minimum absolute atomic E-state index is 0.279. The third-order valence-electron chi connectivity index (χ3n) is 2.82. The van der Waals surface area contributed by atoms with Crippen molar-refractivity contribution in [2.75, 3.05) is 7.11 Å². The molecule has 0 saturated heterocycles. The van der Waals surface area contributed by atoms with Crippen LogP contribution in [0.5, 0.6) is 0 Å². The van der Waals surface area contributed by atoms with Crippen LogP contribution in [0.25, 0.3) is 10.2 Å². The van der Waals surface area contributed by atoms with Gasteiger partial charge in [0.15, 0.2) is 0 Å². The summed E-state index contributed by atoms with van der Waals surface area (Å²) < 4.78 is 6.31. The first-order valence-corrected chi connectivity index (χ1v) is 6.57. The second-order valence-corrected chi connectivity index (χ2v) is 5.29. The maximum Gasteiger partial charge on any atom is 0.328 e. The Morgan fingerprint density at radius 2 is 2.21 bits per heavy atom. The maximum atomic E-state index is 12.0. The van der Waals surface area contributed by atoms with E-state index in [1.165, 1.54) is 18.4 Å². The zero-order valence-corrected chi connectivity index (χ0v) is 12.0. The quantitative estimate of drug-likeness (QED) is 0.859. The largest absolute Gasteiger partial charge is 0.467 e. The standard InChI is InChI=1S/C12H15N3O3S/c1-6-8-5-9(19-11(8)15(3)14-6)10(16)13-7(2)12(17)18-4/h5,7H,1-4H3,(H,13,16)/t7-/m0/s1. The molecule has 2 rings (SSSR count). The van der Waals surface area contributed by atoms with Gasteiger partial charge in [-0.1, -0.05) is 0 Å². The second-order valence-electron chi connectivity index (χ2n) is 4.26. The van der Waals surface area contributed by atoms with Crippen molar-refractivity contribution in [1.29, 1.82) is 0 Å². The van der Waals surface area contributed by atoms with E-state index in [0.717, 1.165) is 15.9 Å². The van der Waals surface area contributed by atoms with Gasteiger partial charge in [0, 0.05) is 12.4 Å². The Hall–Kier alpha value is -1.89. The summed E-state index contributed by atoms with van der Waals surface area (Å²) in [7, 11) is 3.13. The lowest BCUT2D eigenvalue weighted by Gasteiger charge is -2.10. The molecule has 0 aliphatic heterocycles. The van der Waals surface area contributed by atoms with Gasteiger partial charge >= 0.3 is 5.97 Å². The predicted molar refractivity (Wildman–Crippen MR) is 72.3 cm³/mol. The number of rotatable bonds is 3. The number of nitrogens with zero attached hydrogens (tertiary/aromatic N) is 2. The van der Waals surface area contributed by atoms with Gasteiger partial charge in [-0.25, -0.2) is 4.79 Å². The molecule has 1 N–H and O–H groups in total. The molecule has 0 bridgehead atoms. The third-order valence-corrected chi connectivity index (χ3v) is 4.02. The highest BCUT2D eigenvalue weighted by Crippen LogP contribution is 2.27. The van der Waals surface area contributed by atoms with Crippen LogP contribution in [0.3, 0.4) is 0 Å². The molecule has 7 heteroatoms. The molecule has 1 atom stereocenters. The van der Waals surface area contributed by atoms with E-state index in [2.05, 4.69) is 15.2 Å². The highest BCUT2D eigenvalue weighted by molar-refractivity contribution is 7.20. The van der Waals surface area contributed by atoms with Crippen LogP contribution in [-0.2, 0) is 16.6 Å². The van der Waals surface area contributed by atoms with Crippen LogP contribution in [0.2, 0.25) is 0 Å². The van der Waals surface area contributed by atoms with Gasteiger partial charge in [0.25, 0.3) is 5.91 Å². The lowest BCUT2D eigenvalue weighted by atomic mass is 10.3. The SMILES string of the molecule is COC(=O)[C@H](C)NC(=O)c1cc2c(C)nn(C)c2s1. The Labute approximate surface area is 114 Å². The van der Waals surface area contributed by atoms with Gasteiger partial charge in [0.1, 0.15) is 10.9 Å². The highest BCUT2D eigenvalue weighted by Gasteiger charge is 2.20. The molecule has 0 aliphatic rings. The molecule has 0 fully saturated rings. The first-order valence-electron chi connectivity index (χ1n) is 5.76. The lowest BCUT2D eigenvalue weighted by Crippen LogP contribution is -2.38. The van der Waals surface area contributed by atoms with Crippen LogP contribution in [0.15, 0.2) is 6.07 Å². The van der Waals surface area contributed by atoms with Crippen molar-refractivity contribution in [3.63, 3.8) is 0 Å². The van der Waals surface area contributed by atoms with E-state index in [1.54, 1.807) is 17.7 Å². The van der Waals surface area contributed by atoms with Gasteiger partial charge < -0.3 is 10.1 Å². The van der Waals surface area contributed by atoms with Gasteiger partial charge in [0.05, 0.1) is 17.7 Å². The Balaban J connectivity index is 2.22. The number of carbonyl (C=O) groups excluding carboxylic acids is 2. The number of esters is 1. The summed E-state index contributed by atoms with van der Waals surface area (Å²) >= 11 is 1.35. The van der Waals surface area contributed by atoms with Crippen LogP contribution in [0, 0.1) is 6.92 Å². The van der Waals surface area contributed by atoms with E-state index in [4.69, 9.17) is 0 Å². The Morgan fingerprint density at radius 1 is 1.53 bits per heavy atom. The topological polar surface area (TPSA) is 73.2 Å². The molecule has 2 aromatic heterocycles. The van der Waals surface area contributed by atoms with E-state index >= 15 is 0 Å². The van der Waals surface area contributed by atoms with Crippen LogP contribution < -0.4 is 5.32 Å². The molecule has 0 aromatic carbocycles. The number of hydrogen-bond acceptors (Lipinski definition) is 5. The fourth-order valence-corrected chi connectivity index (χ4v) is 2.85. The van der Waals surface area contributed by atoms with Gasteiger partial charge in [-0.15, -0.1) is 11.3 Å². The van der Waals surface area contributed by atoms with E-state index in [0.29, 0.717) is 4.88 Å². The number of aryl methyl sites for hydroxylation is 2. The van der Waals surface area contributed by atoms with Crippen molar-refractivity contribution in [3.8, 4) is 0 Å². The molecule has 2 aromatic rings.